The van der Waals surface area contributed by atoms with E-state index in [4.69, 9.17) is 4.42 Å². The topological polar surface area (TPSA) is 119 Å². The molecule has 0 amide bonds. The number of halogens is 3. The average Bonchev–Trinajstić information content (AvgIpc) is 3.16. The molecule has 174 valence electrons. The van der Waals surface area contributed by atoms with Crippen molar-refractivity contribution in [3.05, 3.63) is 75.8 Å². The fourth-order valence-electron chi connectivity index (χ4n) is 3.00. The predicted molar refractivity (Wildman–Crippen MR) is 111 cm³/mol. The van der Waals surface area contributed by atoms with Crippen LogP contribution in [0.3, 0.4) is 0 Å². The molecule has 0 radical (unpaired) electrons. The normalized spacial score (nSPS) is 12.8. The standard InChI is InChI=1S/C22H13F3N2O6S/c1-12-2-8-16(11-17(12)21(28)29)34(30,31)27-14-5-9-19-18(10-14)26-20(32-19)13-3-6-15(7-4-13)33-22(23,24)25/h2-4,6-8,10-11,27H,1H3,(H,28,29). The first-order chi connectivity index (χ1) is 15.9. The number of alkyl halides is 3. The second kappa shape index (κ2) is 8.27. The van der Waals surface area contributed by atoms with Gasteiger partial charge in [-0.15, -0.1) is 13.2 Å². The number of benzene rings is 2. The van der Waals surface area contributed by atoms with Crippen molar-refractivity contribution in [3.8, 4) is 17.2 Å². The minimum Gasteiger partial charge on any atom is -0.478 e. The van der Waals surface area contributed by atoms with Crippen molar-refractivity contribution in [2.45, 2.75) is 18.2 Å². The van der Waals surface area contributed by atoms with Crippen molar-refractivity contribution in [3.63, 3.8) is 0 Å². The van der Waals surface area contributed by atoms with Gasteiger partial charge in [-0.3, -0.25) is 4.72 Å². The van der Waals surface area contributed by atoms with Crippen LogP contribution in [0.2, 0.25) is 0 Å². The third-order valence-electron chi connectivity index (χ3n) is 4.57. The molecule has 1 aliphatic rings. The van der Waals surface area contributed by atoms with Crippen LogP contribution in [0.1, 0.15) is 15.9 Å². The molecule has 0 aliphatic heterocycles. The van der Waals surface area contributed by atoms with Crippen LogP contribution in [-0.4, -0.2) is 30.8 Å². The van der Waals surface area contributed by atoms with Crippen LogP contribution >= 0.6 is 0 Å². The van der Waals surface area contributed by atoms with Crippen LogP contribution in [0.4, 0.5) is 13.2 Å². The Bertz CT molecular complexity index is 1610. The molecule has 0 fully saturated rings. The average molecular weight is 490 g/mol. The molecule has 1 aliphatic carbocycles. The number of oxazole rings is 1. The molecule has 0 spiro atoms. The zero-order valence-electron chi connectivity index (χ0n) is 17.1. The van der Waals surface area contributed by atoms with E-state index in [1.54, 1.807) is 6.92 Å². The maximum atomic E-state index is 12.7. The molecule has 0 unspecified atom stereocenters. The lowest BCUT2D eigenvalue weighted by atomic mass is 10.1. The van der Waals surface area contributed by atoms with Gasteiger partial charge in [-0.25, -0.2) is 18.2 Å². The van der Waals surface area contributed by atoms with Crippen molar-refractivity contribution in [1.82, 2.24) is 9.71 Å². The minimum absolute atomic E-state index is 0.0290. The van der Waals surface area contributed by atoms with Gasteiger partial charge in [-0.1, -0.05) is 6.07 Å². The van der Waals surface area contributed by atoms with Crippen LogP contribution in [0.5, 0.6) is 5.75 Å². The van der Waals surface area contributed by atoms with E-state index in [0.29, 0.717) is 11.1 Å². The van der Waals surface area contributed by atoms with Crippen molar-refractivity contribution < 1.29 is 40.6 Å². The lowest BCUT2D eigenvalue weighted by Crippen LogP contribution is -2.28. The highest BCUT2D eigenvalue weighted by Crippen LogP contribution is 2.25. The van der Waals surface area contributed by atoms with Gasteiger partial charge in [0.15, 0.2) is 0 Å². The fraction of sp³-hybridized carbons (Fsp3) is 0.0909. The number of nitrogens with one attached hydrogen (secondary N) is 1. The van der Waals surface area contributed by atoms with Gasteiger partial charge < -0.3 is 14.3 Å². The number of carbonyl (C=O) groups is 1. The number of aromatic carboxylic acids is 1. The molecule has 1 aromatic heterocycles. The highest BCUT2D eigenvalue weighted by Gasteiger charge is 2.31. The van der Waals surface area contributed by atoms with Crippen LogP contribution < -0.4 is 20.2 Å². The molecule has 12 heteroatoms. The number of sulfonamides is 1. The molecule has 34 heavy (non-hydrogen) atoms. The summed E-state index contributed by atoms with van der Waals surface area (Å²) in [5.74, 6) is -1.61. The number of carboxylic acid groups (broad SMARTS) is 1. The molecule has 0 saturated carbocycles. The van der Waals surface area contributed by atoms with E-state index in [-0.39, 0.29) is 32.8 Å². The number of carboxylic acids is 1. The number of ether oxygens (including phenoxy) is 1. The van der Waals surface area contributed by atoms with E-state index in [9.17, 15) is 31.5 Å². The maximum absolute atomic E-state index is 12.7. The zero-order chi connectivity index (χ0) is 24.7. The van der Waals surface area contributed by atoms with Gasteiger partial charge in [0.1, 0.15) is 16.8 Å². The molecular formula is C22H13F3N2O6S. The SMILES string of the molecule is Cc1ccc(S(=O)(=O)NC2=C=C=c3oc(-c4ccc(OC(F)(F)F)cc4)nc3=C2)cc1C(=O)O. The summed E-state index contributed by atoms with van der Waals surface area (Å²) in [5.41, 5.74) is 5.90. The number of hydrogen-bond donors (Lipinski definition) is 2. The first-order valence-electron chi connectivity index (χ1n) is 9.39. The summed E-state index contributed by atoms with van der Waals surface area (Å²) >= 11 is 0. The van der Waals surface area contributed by atoms with Crippen LogP contribution in [-0.2, 0) is 10.0 Å². The molecule has 0 saturated heterocycles. The smallest absolute Gasteiger partial charge is 0.478 e. The number of rotatable bonds is 6. The van der Waals surface area contributed by atoms with Gasteiger partial charge in [0, 0.05) is 11.6 Å². The van der Waals surface area contributed by atoms with E-state index in [2.05, 4.69) is 25.9 Å². The van der Waals surface area contributed by atoms with Crippen LogP contribution in [0.25, 0.3) is 23.3 Å². The summed E-state index contributed by atoms with van der Waals surface area (Å²) in [6.45, 7) is 1.54. The van der Waals surface area contributed by atoms with Crippen molar-refractivity contribution in [2.75, 3.05) is 0 Å². The Morgan fingerprint density at radius 3 is 2.50 bits per heavy atom. The fourth-order valence-corrected chi connectivity index (χ4v) is 4.03. The molecule has 2 aromatic carbocycles. The molecule has 1 heterocycles. The Labute approximate surface area is 189 Å². The van der Waals surface area contributed by atoms with Gasteiger partial charge in [0.05, 0.1) is 10.5 Å². The Balaban J connectivity index is 1.59. The first kappa shape index (κ1) is 22.9. The summed E-state index contributed by atoms with van der Waals surface area (Å²) in [5, 5.41) is 9.43. The Kier molecular flexibility index (Phi) is 5.58. The summed E-state index contributed by atoms with van der Waals surface area (Å²) in [6.07, 6.45) is -3.49. The van der Waals surface area contributed by atoms with Gasteiger partial charge in [0.25, 0.3) is 10.0 Å². The molecule has 4 rings (SSSR count). The first-order valence-corrected chi connectivity index (χ1v) is 10.9. The maximum Gasteiger partial charge on any atom is 0.573 e. The van der Waals surface area contributed by atoms with E-state index in [0.717, 1.165) is 18.2 Å². The van der Waals surface area contributed by atoms with Gasteiger partial charge >= 0.3 is 12.3 Å². The van der Waals surface area contributed by atoms with Crippen LogP contribution in [0, 0.1) is 6.92 Å². The molecular weight excluding hydrogens is 477 g/mol. The quantitative estimate of drug-likeness (QED) is 0.510. The lowest BCUT2D eigenvalue weighted by molar-refractivity contribution is -0.274. The Morgan fingerprint density at radius 2 is 1.85 bits per heavy atom. The van der Waals surface area contributed by atoms with E-state index < -0.39 is 28.1 Å². The second-order valence-corrected chi connectivity index (χ2v) is 8.68. The third kappa shape index (κ3) is 4.89. The number of aromatic nitrogens is 1. The molecule has 8 nitrogen and oxygen atoms in total. The van der Waals surface area contributed by atoms with Crippen molar-refractivity contribution in [2.24, 2.45) is 0 Å². The number of aryl methyl sites for hydroxylation is 1. The van der Waals surface area contributed by atoms with Crippen molar-refractivity contribution >= 4 is 27.8 Å². The largest absolute Gasteiger partial charge is 0.573 e. The zero-order valence-corrected chi connectivity index (χ0v) is 17.9. The summed E-state index contributed by atoms with van der Waals surface area (Å²) in [4.78, 5) is 15.3. The van der Waals surface area contributed by atoms with E-state index in [1.165, 1.54) is 30.3 Å². The minimum atomic E-state index is -4.82. The van der Waals surface area contributed by atoms with Gasteiger partial charge in [-0.05, 0) is 60.3 Å². The predicted octanol–water partition coefficient (Wildman–Crippen LogP) is 2.44. The Hall–Kier alpha value is -4.24. The second-order valence-electron chi connectivity index (χ2n) is 7.00. The monoisotopic (exact) mass is 490 g/mol. The highest BCUT2D eigenvalue weighted by molar-refractivity contribution is 7.89. The van der Waals surface area contributed by atoms with Gasteiger partial charge in [-0.2, -0.15) is 0 Å². The van der Waals surface area contributed by atoms with Crippen LogP contribution in [0.15, 0.2) is 63.2 Å². The molecule has 2 N–H and O–H groups in total. The lowest BCUT2D eigenvalue weighted by Gasteiger charge is -2.09. The number of fused-ring (bicyclic) bond motifs is 1. The van der Waals surface area contributed by atoms with E-state index >= 15 is 0 Å². The Morgan fingerprint density at radius 1 is 1.15 bits per heavy atom. The highest BCUT2D eigenvalue weighted by atomic mass is 32.2. The van der Waals surface area contributed by atoms with Gasteiger partial charge in [0.2, 0.25) is 11.3 Å². The molecule has 0 atom stereocenters. The van der Waals surface area contributed by atoms with Crippen molar-refractivity contribution in [1.29, 1.82) is 0 Å². The molecule has 3 aromatic rings. The third-order valence-corrected chi connectivity index (χ3v) is 5.94. The number of nitrogens with zero attached hydrogens (tertiary/aromatic N) is 1. The number of allylic oxidation sites excluding steroid dienone is 1. The molecule has 0 bridgehead atoms. The summed E-state index contributed by atoms with van der Waals surface area (Å²) in [6, 6.07) is 8.52. The summed E-state index contributed by atoms with van der Waals surface area (Å²) in [7, 11) is -4.15. The summed E-state index contributed by atoms with van der Waals surface area (Å²) < 4.78 is 73.9. The number of hydrogen-bond acceptors (Lipinski definition) is 6. The van der Waals surface area contributed by atoms with E-state index in [1.807, 2.05) is 0 Å².